The van der Waals surface area contributed by atoms with Gasteiger partial charge in [-0.1, -0.05) is 17.7 Å². The maximum absolute atomic E-state index is 11.8. The zero-order valence-electron chi connectivity index (χ0n) is 13.3. The molecule has 122 valence electrons. The van der Waals surface area contributed by atoms with Gasteiger partial charge < -0.3 is 19.2 Å². The highest BCUT2D eigenvalue weighted by atomic mass is 16.5. The number of benzene rings is 1. The van der Waals surface area contributed by atoms with Crippen LogP contribution in [0.5, 0.6) is 5.75 Å². The molecule has 0 aliphatic carbocycles. The Bertz CT molecular complexity index is 705. The molecule has 0 saturated heterocycles. The van der Waals surface area contributed by atoms with Gasteiger partial charge in [0.15, 0.2) is 5.76 Å². The smallest absolute Gasteiger partial charge is 0.325 e. The van der Waals surface area contributed by atoms with Crippen molar-refractivity contribution in [3.63, 3.8) is 0 Å². The summed E-state index contributed by atoms with van der Waals surface area (Å²) in [5, 5.41) is 2.40. The first-order chi connectivity index (χ1) is 11.0. The van der Waals surface area contributed by atoms with Crippen LogP contribution in [0, 0.1) is 13.8 Å². The van der Waals surface area contributed by atoms with Crippen LogP contribution < -0.4 is 10.1 Å². The Morgan fingerprint density at radius 3 is 2.65 bits per heavy atom. The molecule has 0 atom stereocenters. The molecule has 0 fully saturated rings. The standard InChI is InChI=1S/C17H19NO5/c1-11-4-6-14(12(2)8-11)22-10-13-5-7-15(23-13)17(20)18-9-16(19)21-3/h4-8H,9-10H2,1-3H3,(H,18,20). The minimum absolute atomic E-state index is 0.119. The minimum atomic E-state index is -0.525. The lowest BCUT2D eigenvalue weighted by Crippen LogP contribution is -2.29. The summed E-state index contributed by atoms with van der Waals surface area (Å²) >= 11 is 0. The van der Waals surface area contributed by atoms with Gasteiger partial charge in [-0.25, -0.2) is 0 Å². The van der Waals surface area contributed by atoms with Gasteiger partial charge in [0.25, 0.3) is 5.91 Å². The van der Waals surface area contributed by atoms with Crippen molar-refractivity contribution in [2.75, 3.05) is 13.7 Å². The van der Waals surface area contributed by atoms with Crippen LogP contribution >= 0.6 is 0 Å². The number of hydrogen-bond acceptors (Lipinski definition) is 5. The Balaban J connectivity index is 1.91. The molecule has 0 aliphatic heterocycles. The van der Waals surface area contributed by atoms with Gasteiger partial charge in [0.2, 0.25) is 0 Å². The Labute approximate surface area is 134 Å². The summed E-state index contributed by atoms with van der Waals surface area (Å²) < 4.78 is 15.5. The third-order valence-corrected chi connectivity index (χ3v) is 3.21. The number of aryl methyl sites for hydroxylation is 2. The highest BCUT2D eigenvalue weighted by Gasteiger charge is 2.13. The van der Waals surface area contributed by atoms with Crippen molar-refractivity contribution >= 4 is 11.9 Å². The summed E-state index contributed by atoms with van der Waals surface area (Å²) in [6.45, 7) is 4.00. The van der Waals surface area contributed by atoms with Crippen LogP contribution in [0.3, 0.4) is 0 Å². The maximum Gasteiger partial charge on any atom is 0.325 e. The van der Waals surface area contributed by atoms with Gasteiger partial charge in [0, 0.05) is 0 Å². The molecule has 2 rings (SSSR count). The highest BCUT2D eigenvalue weighted by Crippen LogP contribution is 2.20. The van der Waals surface area contributed by atoms with Gasteiger partial charge in [-0.15, -0.1) is 0 Å². The number of carbonyl (C=O) groups excluding carboxylic acids is 2. The van der Waals surface area contributed by atoms with E-state index in [-0.39, 0.29) is 18.9 Å². The molecular formula is C17H19NO5. The van der Waals surface area contributed by atoms with Crippen molar-refractivity contribution in [1.82, 2.24) is 5.32 Å². The van der Waals surface area contributed by atoms with Crippen LogP contribution in [0.15, 0.2) is 34.7 Å². The average Bonchev–Trinajstić information content (AvgIpc) is 3.00. The number of amides is 1. The van der Waals surface area contributed by atoms with E-state index >= 15 is 0 Å². The van der Waals surface area contributed by atoms with Crippen LogP contribution in [0.2, 0.25) is 0 Å². The van der Waals surface area contributed by atoms with Gasteiger partial charge in [0.1, 0.15) is 24.7 Å². The second-order valence-corrected chi connectivity index (χ2v) is 5.08. The topological polar surface area (TPSA) is 77.8 Å². The Morgan fingerprint density at radius 2 is 1.96 bits per heavy atom. The molecule has 0 aliphatic rings. The SMILES string of the molecule is COC(=O)CNC(=O)c1ccc(COc2ccc(C)cc2C)o1. The first-order valence-corrected chi connectivity index (χ1v) is 7.13. The Hall–Kier alpha value is -2.76. The number of nitrogens with one attached hydrogen (secondary N) is 1. The first-order valence-electron chi connectivity index (χ1n) is 7.13. The van der Waals surface area contributed by atoms with Crippen molar-refractivity contribution in [3.8, 4) is 5.75 Å². The van der Waals surface area contributed by atoms with E-state index in [4.69, 9.17) is 9.15 Å². The van der Waals surface area contributed by atoms with Crippen molar-refractivity contribution < 1.29 is 23.5 Å². The number of methoxy groups -OCH3 is 1. The third-order valence-electron chi connectivity index (χ3n) is 3.21. The number of esters is 1. The van der Waals surface area contributed by atoms with Crippen LogP contribution in [0.1, 0.15) is 27.4 Å². The van der Waals surface area contributed by atoms with E-state index in [1.807, 2.05) is 32.0 Å². The normalized spacial score (nSPS) is 10.2. The van der Waals surface area contributed by atoms with Crippen LogP contribution in [-0.2, 0) is 16.1 Å². The molecule has 1 aromatic heterocycles. The number of carbonyl (C=O) groups is 2. The molecule has 1 heterocycles. The third kappa shape index (κ3) is 4.60. The summed E-state index contributed by atoms with van der Waals surface area (Å²) in [4.78, 5) is 22.8. The van der Waals surface area contributed by atoms with Gasteiger partial charge in [-0.3, -0.25) is 9.59 Å². The van der Waals surface area contributed by atoms with Crippen LogP contribution in [0.25, 0.3) is 0 Å². The van der Waals surface area contributed by atoms with E-state index in [1.54, 1.807) is 6.07 Å². The quantitative estimate of drug-likeness (QED) is 0.828. The number of furan rings is 1. The molecule has 1 N–H and O–H groups in total. The molecule has 1 aromatic carbocycles. The Kier molecular flexibility index (Phi) is 5.41. The summed E-state index contributed by atoms with van der Waals surface area (Å²) in [7, 11) is 1.25. The predicted octanol–water partition coefficient (Wildman–Crippen LogP) is 2.38. The predicted molar refractivity (Wildman–Crippen MR) is 83.3 cm³/mol. The minimum Gasteiger partial charge on any atom is -0.485 e. The van der Waals surface area contributed by atoms with Crippen LogP contribution in [-0.4, -0.2) is 25.5 Å². The molecule has 0 saturated carbocycles. The van der Waals surface area contributed by atoms with E-state index in [2.05, 4.69) is 10.1 Å². The fourth-order valence-electron chi connectivity index (χ4n) is 2.00. The summed E-state index contributed by atoms with van der Waals surface area (Å²) in [6, 6.07) is 9.10. The van der Waals surface area contributed by atoms with E-state index in [9.17, 15) is 9.59 Å². The van der Waals surface area contributed by atoms with Gasteiger partial charge in [-0.05, 0) is 37.6 Å². The highest BCUT2D eigenvalue weighted by molar-refractivity contribution is 5.93. The van der Waals surface area contributed by atoms with E-state index in [0.717, 1.165) is 16.9 Å². The van der Waals surface area contributed by atoms with Crippen molar-refractivity contribution in [3.05, 3.63) is 53.0 Å². The number of ether oxygens (including phenoxy) is 2. The van der Waals surface area contributed by atoms with E-state index in [1.165, 1.54) is 13.2 Å². The average molecular weight is 317 g/mol. The number of rotatable bonds is 6. The lowest BCUT2D eigenvalue weighted by Gasteiger charge is -2.08. The molecule has 6 heteroatoms. The molecule has 0 spiro atoms. The molecule has 0 unspecified atom stereocenters. The van der Waals surface area contributed by atoms with Crippen molar-refractivity contribution in [2.45, 2.75) is 20.5 Å². The summed E-state index contributed by atoms with van der Waals surface area (Å²) in [5.41, 5.74) is 2.20. The van der Waals surface area contributed by atoms with Crippen molar-refractivity contribution in [1.29, 1.82) is 0 Å². The lowest BCUT2D eigenvalue weighted by atomic mass is 10.1. The molecule has 23 heavy (non-hydrogen) atoms. The number of hydrogen-bond donors (Lipinski definition) is 1. The maximum atomic E-state index is 11.8. The molecule has 6 nitrogen and oxygen atoms in total. The molecule has 0 bridgehead atoms. The molecule has 0 radical (unpaired) electrons. The zero-order valence-corrected chi connectivity index (χ0v) is 13.3. The largest absolute Gasteiger partial charge is 0.485 e. The fraction of sp³-hybridized carbons (Fsp3) is 0.294. The van der Waals surface area contributed by atoms with Crippen molar-refractivity contribution in [2.24, 2.45) is 0 Å². The van der Waals surface area contributed by atoms with E-state index < -0.39 is 11.9 Å². The molecule has 2 aromatic rings. The Morgan fingerprint density at radius 1 is 1.17 bits per heavy atom. The lowest BCUT2D eigenvalue weighted by molar-refractivity contribution is -0.139. The van der Waals surface area contributed by atoms with Gasteiger partial charge >= 0.3 is 5.97 Å². The first kappa shape index (κ1) is 16.6. The van der Waals surface area contributed by atoms with Gasteiger partial charge in [-0.2, -0.15) is 0 Å². The second-order valence-electron chi connectivity index (χ2n) is 5.08. The second kappa shape index (κ2) is 7.49. The van der Waals surface area contributed by atoms with E-state index in [0.29, 0.717) is 5.76 Å². The summed E-state index contributed by atoms with van der Waals surface area (Å²) in [6.07, 6.45) is 0. The fourth-order valence-corrected chi connectivity index (χ4v) is 2.00. The molecule has 1 amide bonds. The van der Waals surface area contributed by atoms with Gasteiger partial charge in [0.05, 0.1) is 7.11 Å². The molecular weight excluding hydrogens is 298 g/mol. The van der Waals surface area contributed by atoms with Crippen LogP contribution in [0.4, 0.5) is 0 Å². The summed E-state index contributed by atoms with van der Waals surface area (Å²) in [5.74, 6) is 0.404. The zero-order chi connectivity index (χ0) is 16.8. The monoisotopic (exact) mass is 317 g/mol.